The molecule has 2 aromatic heterocycles. The number of likely N-dealkylation sites (tertiary alicyclic amines) is 1. The van der Waals surface area contributed by atoms with Crippen LogP contribution in [0.1, 0.15) is 56.5 Å². The van der Waals surface area contributed by atoms with Crippen LogP contribution in [0.5, 0.6) is 0 Å². The molecule has 0 N–H and O–H groups in total. The van der Waals surface area contributed by atoms with E-state index in [-0.39, 0.29) is 23.6 Å². The molecular weight excluding hydrogens is 459 g/mol. The van der Waals surface area contributed by atoms with Crippen molar-refractivity contribution in [1.82, 2.24) is 29.1 Å². The van der Waals surface area contributed by atoms with Gasteiger partial charge in [-0.2, -0.15) is 14.8 Å². The highest BCUT2D eigenvalue weighted by Crippen LogP contribution is 2.31. The fraction of sp³-hybridized carbons (Fsp3) is 0.609. The van der Waals surface area contributed by atoms with Crippen molar-refractivity contribution < 1.29 is 17.3 Å². The molecule has 0 unspecified atom stereocenters. The number of sulfonamides is 1. The van der Waals surface area contributed by atoms with Crippen molar-refractivity contribution in [2.24, 2.45) is 5.92 Å². The van der Waals surface area contributed by atoms with Crippen LogP contribution in [0.2, 0.25) is 0 Å². The second-order valence-corrected chi connectivity index (χ2v) is 11.9. The Labute approximate surface area is 199 Å². The second kappa shape index (κ2) is 9.01. The Hall–Kier alpha value is -2.37. The molecule has 3 aromatic rings. The molecule has 2 saturated heterocycles. The maximum absolute atomic E-state index is 14.7. The largest absolute Gasteiger partial charge is 0.337 e. The van der Waals surface area contributed by atoms with Crippen LogP contribution >= 0.6 is 0 Å². The van der Waals surface area contributed by atoms with Crippen LogP contribution in [0.3, 0.4) is 0 Å². The summed E-state index contributed by atoms with van der Waals surface area (Å²) in [7, 11) is -3.11. The normalized spacial score (nSPS) is 21.3. The molecular formula is C23H31FN6O3S. The van der Waals surface area contributed by atoms with Gasteiger partial charge in [0.25, 0.3) is 5.95 Å². The lowest BCUT2D eigenvalue weighted by molar-refractivity contribution is 0.172. The van der Waals surface area contributed by atoms with Gasteiger partial charge in [0.05, 0.1) is 11.9 Å². The Morgan fingerprint density at radius 1 is 1.18 bits per heavy atom. The maximum atomic E-state index is 14.7. The third kappa shape index (κ3) is 4.48. The summed E-state index contributed by atoms with van der Waals surface area (Å²) < 4.78 is 46.8. The summed E-state index contributed by atoms with van der Waals surface area (Å²) in [6, 6.07) is 4.98. The first-order chi connectivity index (χ1) is 16.2. The molecule has 0 aliphatic carbocycles. The van der Waals surface area contributed by atoms with Crippen LogP contribution in [0.4, 0.5) is 4.39 Å². The molecule has 2 fully saturated rings. The molecule has 0 saturated carbocycles. The van der Waals surface area contributed by atoms with Crippen molar-refractivity contribution in [3.05, 3.63) is 35.6 Å². The number of halogens is 1. The third-order valence-corrected chi connectivity index (χ3v) is 8.29. The van der Waals surface area contributed by atoms with Gasteiger partial charge >= 0.3 is 0 Å². The van der Waals surface area contributed by atoms with E-state index in [1.165, 1.54) is 17.0 Å². The summed E-state index contributed by atoms with van der Waals surface area (Å²) in [5.41, 5.74) is 1.17. The van der Waals surface area contributed by atoms with Crippen LogP contribution in [-0.4, -0.2) is 76.5 Å². The summed E-state index contributed by atoms with van der Waals surface area (Å²) in [5.74, 6) is 1.10. The summed E-state index contributed by atoms with van der Waals surface area (Å²) in [5, 5.41) is 9.50. The lowest BCUT2D eigenvalue weighted by atomic mass is 9.95. The summed E-state index contributed by atoms with van der Waals surface area (Å²) in [4.78, 5) is 7.00. The molecule has 1 aromatic carbocycles. The second-order valence-electron chi connectivity index (χ2n) is 9.87. The lowest BCUT2D eigenvalue weighted by Gasteiger charge is -2.32. The number of aromatic nitrogens is 4. The summed E-state index contributed by atoms with van der Waals surface area (Å²) in [6.45, 7) is 7.98. The Morgan fingerprint density at radius 2 is 1.94 bits per heavy atom. The van der Waals surface area contributed by atoms with Crippen LogP contribution in [-0.2, 0) is 10.0 Å². The van der Waals surface area contributed by atoms with Crippen molar-refractivity contribution in [2.45, 2.75) is 44.9 Å². The average molecular weight is 491 g/mol. The number of piperidine rings is 1. The highest BCUT2D eigenvalue weighted by molar-refractivity contribution is 7.88. The number of hydrogen-bond donors (Lipinski definition) is 0. The predicted molar refractivity (Wildman–Crippen MR) is 126 cm³/mol. The van der Waals surface area contributed by atoms with E-state index < -0.39 is 10.0 Å². The highest BCUT2D eigenvalue weighted by atomic mass is 32.2. The zero-order valence-corrected chi connectivity index (χ0v) is 20.6. The molecule has 184 valence electrons. The minimum absolute atomic E-state index is 0.130. The molecule has 9 nitrogen and oxygen atoms in total. The van der Waals surface area contributed by atoms with E-state index in [4.69, 9.17) is 4.52 Å². The van der Waals surface area contributed by atoms with E-state index in [0.717, 1.165) is 50.0 Å². The van der Waals surface area contributed by atoms with Gasteiger partial charge in [0.15, 0.2) is 0 Å². The quantitative estimate of drug-likeness (QED) is 0.524. The first-order valence-electron chi connectivity index (χ1n) is 11.9. The van der Waals surface area contributed by atoms with E-state index in [9.17, 15) is 12.8 Å². The first kappa shape index (κ1) is 23.4. The number of para-hydroxylation sites is 1. The zero-order valence-electron chi connectivity index (χ0n) is 19.8. The van der Waals surface area contributed by atoms with Crippen LogP contribution in [0, 0.1) is 11.7 Å². The van der Waals surface area contributed by atoms with Gasteiger partial charge in [-0.25, -0.2) is 17.1 Å². The van der Waals surface area contributed by atoms with E-state index >= 15 is 0 Å². The van der Waals surface area contributed by atoms with Crippen molar-refractivity contribution in [3.63, 3.8) is 0 Å². The molecule has 0 spiro atoms. The molecule has 5 rings (SSSR count). The summed E-state index contributed by atoms with van der Waals surface area (Å²) >= 11 is 0. The van der Waals surface area contributed by atoms with E-state index in [0.29, 0.717) is 30.4 Å². The number of benzene rings is 1. The Balaban J connectivity index is 1.26. The topological polar surface area (TPSA) is 97.4 Å². The molecule has 0 bridgehead atoms. The van der Waals surface area contributed by atoms with E-state index in [1.807, 2.05) is 19.9 Å². The standard InChI is InChI=1S/C23H31FN6O3S/c1-15(2)20-18-5-4-6-19(24)21(18)30(26-20)23-25-22(33-27-23)17-8-10-28(11-9-17)13-16-7-12-29(14-16)34(3,31)32/h4-6,15-17H,7-14H2,1-3H3/t16-/m1/s1. The monoisotopic (exact) mass is 490 g/mol. The fourth-order valence-electron chi connectivity index (χ4n) is 5.17. The molecule has 0 radical (unpaired) electrons. The van der Waals surface area contributed by atoms with Gasteiger partial charge in [-0.3, -0.25) is 0 Å². The van der Waals surface area contributed by atoms with Gasteiger partial charge in [0.2, 0.25) is 15.9 Å². The summed E-state index contributed by atoms with van der Waals surface area (Å²) in [6.07, 6.45) is 3.96. The minimum atomic E-state index is -3.11. The Kier molecular flexibility index (Phi) is 6.19. The maximum Gasteiger partial charge on any atom is 0.291 e. The number of fused-ring (bicyclic) bond motifs is 1. The third-order valence-electron chi connectivity index (χ3n) is 7.02. The fourth-order valence-corrected chi connectivity index (χ4v) is 6.09. The van der Waals surface area contributed by atoms with Crippen molar-refractivity contribution >= 4 is 20.9 Å². The van der Waals surface area contributed by atoms with Gasteiger partial charge in [0, 0.05) is 30.9 Å². The molecule has 2 aliphatic heterocycles. The molecule has 34 heavy (non-hydrogen) atoms. The van der Waals surface area contributed by atoms with E-state index in [1.54, 1.807) is 10.4 Å². The van der Waals surface area contributed by atoms with Crippen LogP contribution in [0.25, 0.3) is 16.9 Å². The minimum Gasteiger partial charge on any atom is -0.337 e. The van der Waals surface area contributed by atoms with Gasteiger partial charge in [-0.1, -0.05) is 26.0 Å². The van der Waals surface area contributed by atoms with Crippen LogP contribution in [0.15, 0.2) is 22.7 Å². The van der Waals surface area contributed by atoms with E-state index in [2.05, 4.69) is 20.1 Å². The predicted octanol–water partition coefficient (Wildman–Crippen LogP) is 3.13. The number of nitrogens with zero attached hydrogens (tertiary/aromatic N) is 6. The molecule has 1 atom stereocenters. The molecule has 2 aliphatic rings. The zero-order chi connectivity index (χ0) is 24.0. The van der Waals surface area contributed by atoms with Crippen LogP contribution < -0.4 is 0 Å². The van der Waals surface area contributed by atoms with Gasteiger partial charge in [0.1, 0.15) is 11.3 Å². The van der Waals surface area contributed by atoms with Gasteiger partial charge in [-0.15, -0.1) is 0 Å². The van der Waals surface area contributed by atoms with Crippen molar-refractivity contribution in [2.75, 3.05) is 39.0 Å². The SMILES string of the molecule is CC(C)c1nn(-c2noc(C3CCN(C[C@H]4CCN(S(C)(=O)=O)C4)CC3)n2)c2c(F)cccc12. The highest BCUT2D eigenvalue weighted by Gasteiger charge is 2.32. The first-order valence-corrected chi connectivity index (χ1v) is 13.7. The lowest BCUT2D eigenvalue weighted by Crippen LogP contribution is -2.37. The molecule has 0 amide bonds. The van der Waals surface area contributed by atoms with Crippen molar-refractivity contribution in [3.8, 4) is 5.95 Å². The number of rotatable bonds is 6. The average Bonchev–Trinajstić information content (AvgIpc) is 3.52. The Bertz CT molecular complexity index is 1280. The number of hydrogen-bond acceptors (Lipinski definition) is 7. The van der Waals surface area contributed by atoms with Gasteiger partial charge in [-0.05, 0) is 55.4 Å². The van der Waals surface area contributed by atoms with Crippen molar-refractivity contribution in [1.29, 1.82) is 0 Å². The Morgan fingerprint density at radius 3 is 2.62 bits per heavy atom. The van der Waals surface area contributed by atoms with Gasteiger partial charge < -0.3 is 9.42 Å². The molecule has 11 heteroatoms. The molecule has 4 heterocycles. The smallest absolute Gasteiger partial charge is 0.291 e.